The largest absolute Gasteiger partial charge is 0.411 e. The first-order chi connectivity index (χ1) is 8.79. The van der Waals surface area contributed by atoms with Crippen LogP contribution in [0.5, 0.6) is 0 Å². The van der Waals surface area contributed by atoms with Gasteiger partial charge in [0.15, 0.2) is 0 Å². The Morgan fingerprint density at radius 3 is 2.67 bits per heavy atom. The van der Waals surface area contributed by atoms with E-state index in [4.69, 9.17) is 0 Å². The van der Waals surface area contributed by atoms with E-state index in [1.165, 1.54) is 24.0 Å². The van der Waals surface area contributed by atoms with Crippen LogP contribution in [0.25, 0.3) is 0 Å². The fourth-order valence-corrected chi connectivity index (χ4v) is 3.22. The topological polar surface area (TPSA) is 35.8 Å². The van der Waals surface area contributed by atoms with Crippen molar-refractivity contribution >= 4 is 5.71 Å². The Labute approximate surface area is 108 Å². The summed E-state index contributed by atoms with van der Waals surface area (Å²) in [7, 11) is 0. The van der Waals surface area contributed by atoms with Crippen molar-refractivity contribution in [2.75, 3.05) is 13.1 Å². The summed E-state index contributed by atoms with van der Waals surface area (Å²) in [6, 6.07) is 8.68. The van der Waals surface area contributed by atoms with E-state index in [1.54, 1.807) is 0 Å². The van der Waals surface area contributed by atoms with Gasteiger partial charge in [0.25, 0.3) is 0 Å². The molecular formula is C15H20N2O. The zero-order valence-electron chi connectivity index (χ0n) is 10.8. The van der Waals surface area contributed by atoms with E-state index < -0.39 is 0 Å². The molecule has 3 nitrogen and oxygen atoms in total. The molecule has 1 aromatic carbocycles. The Balaban J connectivity index is 1.90. The summed E-state index contributed by atoms with van der Waals surface area (Å²) >= 11 is 0. The number of fused-ring (bicyclic) bond motifs is 1. The van der Waals surface area contributed by atoms with Gasteiger partial charge in [-0.2, -0.15) is 0 Å². The molecule has 1 unspecified atom stereocenters. The van der Waals surface area contributed by atoms with Crippen LogP contribution in [-0.4, -0.2) is 28.9 Å². The summed E-state index contributed by atoms with van der Waals surface area (Å²) in [5.41, 5.74) is 3.56. The Bertz CT molecular complexity index is 461. The molecule has 0 radical (unpaired) electrons. The van der Waals surface area contributed by atoms with Crippen molar-refractivity contribution < 1.29 is 5.21 Å². The highest BCUT2D eigenvalue weighted by Gasteiger charge is 2.34. The van der Waals surface area contributed by atoms with E-state index in [2.05, 4.69) is 41.2 Å². The van der Waals surface area contributed by atoms with Crippen LogP contribution in [0.4, 0.5) is 0 Å². The molecule has 1 atom stereocenters. The normalized spacial score (nSPS) is 27.6. The van der Waals surface area contributed by atoms with Crippen LogP contribution in [0.1, 0.15) is 36.9 Å². The first-order valence-corrected chi connectivity index (χ1v) is 6.82. The van der Waals surface area contributed by atoms with E-state index in [9.17, 15) is 5.21 Å². The SMILES string of the molecule is CC1CCN(C2/C(=N\O)Cc3ccccc32)CC1. The lowest BCUT2D eigenvalue weighted by Gasteiger charge is -2.35. The summed E-state index contributed by atoms with van der Waals surface area (Å²) in [6.07, 6.45) is 3.29. The maximum absolute atomic E-state index is 9.25. The first kappa shape index (κ1) is 11.7. The van der Waals surface area contributed by atoms with Gasteiger partial charge >= 0.3 is 0 Å². The Kier molecular flexibility index (Phi) is 3.08. The van der Waals surface area contributed by atoms with Gasteiger partial charge in [0.2, 0.25) is 0 Å². The summed E-state index contributed by atoms with van der Waals surface area (Å²) in [5.74, 6) is 0.826. The monoisotopic (exact) mass is 244 g/mol. The van der Waals surface area contributed by atoms with Gasteiger partial charge in [-0.05, 0) is 43.0 Å². The van der Waals surface area contributed by atoms with Gasteiger partial charge in [0.05, 0.1) is 11.8 Å². The van der Waals surface area contributed by atoms with Crippen LogP contribution in [0.3, 0.4) is 0 Å². The predicted octanol–water partition coefficient (Wildman–Crippen LogP) is 2.85. The van der Waals surface area contributed by atoms with Crippen LogP contribution in [0.2, 0.25) is 0 Å². The fraction of sp³-hybridized carbons (Fsp3) is 0.533. The van der Waals surface area contributed by atoms with E-state index in [0.29, 0.717) is 0 Å². The Morgan fingerprint density at radius 2 is 1.94 bits per heavy atom. The highest BCUT2D eigenvalue weighted by molar-refractivity contribution is 5.96. The van der Waals surface area contributed by atoms with Crippen LogP contribution in [0.15, 0.2) is 29.4 Å². The molecule has 0 aromatic heterocycles. The average Bonchev–Trinajstić information content (AvgIpc) is 2.78. The van der Waals surface area contributed by atoms with Crippen molar-refractivity contribution in [2.45, 2.75) is 32.2 Å². The van der Waals surface area contributed by atoms with Gasteiger partial charge in [-0.3, -0.25) is 4.90 Å². The lowest BCUT2D eigenvalue weighted by atomic mass is 9.96. The quantitative estimate of drug-likeness (QED) is 0.609. The van der Waals surface area contributed by atoms with Crippen molar-refractivity contribution in [1.29, 1.82) is 0 Å². The second-order valence-electron chi connectivity index (χ2n) is 5.59. The molecule has 1 aromatic rings. The Hall–Kier alpha value is -1.35. The first-order valence-electron chi connectivity index (χ1n) is 6.82. The molecule has 1 N–H and O–H groups in total. The second-order valence-corrected chi connectivity index (χ2v) is 5.59. The molecule has 0 saturated carbocycles. The summed E-state index contributed by atoms with van der Waals surface area (Å²) in [4.78, 5) is 2.47. The van der Waals surface area contributed by atoms with Gasteiger partial charge in [-0.1, -0.05) is 36.3 Å². The minimum Gasteiger partial charge on any atom is -0.411 e. The zero-order valence-corrected chi connectivity index (χ0v) is 10.8. The number of nitrogens with zero attached hydrogens (tertiary/aromatic N) is 2. The number of rotatable bonds is 1. The Morgan fingerprint density at radius 1 is 1.22 bits per heavy atom. The molecule has 1 aliphatic carbocycles. The molecule has 96 valence electrons. The molecule has 1 fully saturated rings. The average molecular weight is 244 g/mol. The van der Waals surface area contributed by atoms with E-state index in [0.717, 1.165) is 31.1 Å². The maximum atomic E-state index is 9.25. The molecule has 1 saturated heterocycles. The lowest BCUT2D eigenvalue weighted by molar-refractivity contribution is 0.169. The molecule has 0 bridgehead atoms. The number of hydrogen-bond donors (Lipinski definition) is 1. The third kappa shape index (κ3) is 1.93. The van der Waals surface area contributed by atoms with Crippen molar-refractivity contribution in [1.82, 2.24) is 4.90 Å². The molecule has 0 amide bonds. The van der Waals surface area contributed by atoms with Crippen molar-refractivity contribution in [3.8, 4) is 0 Å². The number of piperidine rings is 1. The molecule has 0 spiro atoms. The molecule has 3 heteroatoms. The van der Waals surface area contributed by atoms with Gasteiger partial charge in [0, 0.05) is 6.42 Å². The second kappa shape index (κ2) is 4.73. The highest BCUT2D eigenvalue weighted by Crippen LogP contribution is 2.35. The zero-order chi connectivity index (χ0) is 12.5. The molecule has 18 heavy (non-hydrogen) atoms. The van der Waals surface area contributed by atoms with Gasteiger partial charge in [-0.25, -0.2) is 0 Å². The predicted molar refractivity (Wildman–Crippen MR) is 72.1 cm³/mol. The van der Waals surface area contributed by atoms with Crippen LogP contribution in [-0.2, 0) is 6.42 Å². The fourth-order valence-electron chi connectivity index (χ4n) is 3.22. The third-order valence-electron chi connectivity index (χ3n) is 4.35. The van der Waals surface area contributed by atoms with Crippen LogP contribution < -0.4 is 0 Å². The summed E-state index contributed by atoms with van der Waals surface area (Å²) < 4.78 is 0. The number of likely N-dealkylation sites (tertiary alicyclic amines) is 1. The molecule has 2 aliphatic rings. The standard InChI is InChI=1S/C15H20N2O/c1-11-6-8-17(9-7-11)15-13-5-3-2-4-12(13)10-14(15)16-18/h2-5,11,15,18H,6-10H2,1H3/b16-14-. The van der Waals surface area contributed by atoms with E-state index >= 15 is 0 Å². The smallest absolute Gasteiger partial charge is 0.0831 e. The number of benzene rings is 1. The van der Waals surface area contributed by atoms with E-state index in [-0.39, 0.29) is 6.04 Å². The minimum absolute atomic E-state index is 0.207. The van der Waals surface area contributed by atoms with Crippen molar-refractivity contribution in [3.05, 3.63) is 35.4 Å². The highest BCUT2D eigenvalue weighted by atomic mass is 16.4. The number of hydrogen-bond acceptors (Lipinski definition) is 3. The maximum Gasteiger partial charge on any atom is 0.0831 e. The van der Waals surface area contributed by atoms with Gasteiger partial charge in [0.1, 0.15) is 0 Å². The molecular weight excluding hydrogens is 224 g/mol. The number of oxime groups is 1. The van der Waals surface area contributed by atoms with Crippen molar-refractivity contribution in [2.24, 2.45) is 11.1 Å². The van der Waals surface area contributed by atoms with Crippen LogP contribution in [0, 0.1) is 5.92 Å². The molecule has 1 aliphatic heterocycles. The summed E-state index contributed by atoms with van der Waals surface area (Å²) in [6.45, 7) is 4.54. The third-order valence-corrected chi connectivity index (χ3v) is 4.35. The van der Waals surface area contributed by atoms with E-state index in [1.807, 2.05) is 0 Å². The lowest BCUT2D eigenvalue weighted by Crippen LogP contribution is -2.38. The summed E-state index contributed by atoms with van der Waals surface area (Å²) in [5, 5.41) is 12.8. The van der Waals surface area contributed by atoms with Crippen molar-refractivity contribution in [3.63, 3.8) is 0 Å². The van der Waals surface area contributed by atoms with Gasteiger partial charge in [-0.15, -0.1) is 0 Å². The molecule has 3 rings (SSSR count). The minimum atomic E-state index is 0.207. The van der Waals surface area contributed by atoms with Crippen LogP contribution >= 0.6 is 0 Å². The van der Waals surface area contributed by atoms with Gasteiger partial charge < -0.3 is 5.21 Å². The molecule has 1 heterocycles.